The molecule has 0 aliphatic heterocycles. The maximum absolute atomic E-state index is 10.2. The van der Waals surface area contributed by atoms with Gasteiger partial charge in [-0.3, -0.25) is 0 Å². The molecule has 0 spiro atoms. The zero-order valence-electron chi connectivity index (χ0n) is 3.23. The second kappa shape index (κ2) is 2.93. The molecular weight excluding hydrogens is 104 g/mol. The summed E-state index contributed by atoms with van der Waals surface area (Å²) in [6.45, 7) is 0. The first-order valence-corrected chi connectivity index (χ1v) is 0.953. The Kier molecular flexibility index (Phi) is 4.86. The summed E-state index contributed by atoms with van der Waals surface area (Å²) in [5.41, 5.74) is 0. The third kappa shape index (κ3) is 100. The minimum atomic E-state index is -5.00. The summed E-state index contributed by atoms with van der Waals surface area (Å²) in [7, 11) is -5.00. The van der Waals surface area contributed by atoms with E-state index in [-0.39, 0.29) is 29.6 Å². The molecule has 0 aromatic heterocycles. The third-order valence-corrected chi connectivity index (χ3v) is 0. The molecule has 0 fully saturated rings. The summed E-state index contributed by atoms with van der Waals surface area (Å²) in [5.74, 6) is 0. The Bertz CT molecular complexity index is 27.0. The van der Waals surface area contributed by atoms with Crippen LogP contribution in [0.15, 0.2) is 0 Å². The van der Waals surface area contributed by atoms with Gasteiger partial charge in [0.25, 0.3) is 0 Å². The Balaban J connectivity index is 0. The smallest absolute Gasteiger partial charge is 0.526 e. The molecule has 0 aliphatic rings. The van der Waals surface area contributed by atoms with Gasteiger partial charge < -0.3 is 18.7 Å². The van der Waals surface area contributed by atoms with Gasteiger partial charge in [-0.05, 0) is 0 Å². The summed E-state index contributed by atoms with van der Waals surface area (Å²) in [5, 5.41) is 13.6. The molecule has 6 heavy (non-hydrogen) atoms. The van der Waals surface area contributed by atoms with Crippen LogP contribution in [-0.4, -0.2) is 17.2 Å². The Hall–Kier alpha value is 0.845. The molecule has 0 saturated heterocycles. The van der Waals surface area contributed by atoms with Crippen LogP contribution >= 0.6 is 0 Å². The predicted molar refractivity (Wildman–Crippen MR) is 12.4 cm³/mol. The molecule has 0 aliphatic carbocycles. The van der Waals surface area contributed by atoms with Gasteiger partial charge in [0, 0.05) is 0 Å². The van der Waals surface area contributed by atoms with Gasteiger partial charge in [0.05, 0.1) is 0 Å². The van der Waals surface area contributed by atoms with Crippen LogP contribution < -0.4 is 29.6 Å². The van der Waals surface area contributed by atoms with Gasteiger partial charge in [-0.15, -0.1) is 0 Å². The van der Waals surface area contributed by atoms with E-state index in [9.17, 15) is 8.63 Å². The van der Waals surface area contributed by atoms with Crippen LogP contribution in [0.1, 0.15) is 0 Å². The molecule has 0 rings (SSSR count). The zero-order chi connectivity index (χ0) is 4.50. The van der Waals surface area contributed by atoms with Crippen molar-refractivity contribution in [3.8, 4) is 0 Å². The van der Waals surface area contributed by atoms with Crippen LogP contribution in [0.4, 0.5) is 8.63 Å². The molecule has 2 N–H and O–H groups in total. The summed E-state index contributed by atoms with van der Waals surface area (Å²) >= 11 is 0. The van der Waals surface area contributed by atoms with E-state index < -0.39 is 7.11 Å². The molecule has 6 heteroatoms. The summed E-state index contributed by atoms with van der Waals surface area (Å²) in [4.78, 5) is 0. The van der Waals surface area contributed by atoms with E-state index in [1.165, 1.54) is 0 Å². The average Bonchev–Trinajstić information content (AvgIpc) is 0.722. The molecule has 0 unspecified atom stereocenters. The average molecular weight is 106 g/mol. The molecule has 2 nitrogen and oxygen atoms in total. The van der Waals surface area contributed by atoms with E-state index in [1.54, 1.807) is 0 Å². The quantitative estimate of drug-likeness (QED) is 0.312. The first-order chi connectivity index (χ1) is 2.00. The molecular formula is H2BF2NaO2. The van der Waals surface area contributed by atoms with Gasteiger partial charge in [-0.2, -0.15) is 0 Å². The van der Waals surface area contributed by atoms with E-state index in [2.05, 4.69) is 0 Å². The van der Waals surface area contributed by atoms with Crippen molar-refractivity contribution in [1.29, 1.82) is 0 Å². The molecule has 32 valence electrons. The van der Waals surface area contributed by atoms with E-state index >= 15 is 0 Å². The fourth-order valence-electron chi connectivity index (χ4n) is 0. The standard InChI is InChI=1S/BF2H2O2.Na/c2-1(3,4)5;/h4-5H;/q-1;+1. The van der Waals surface area contributed by atoms with Crippen LogP contribution in [-0.2, 0) is 0 Å². The van der Waals surface area contributed by atoms with E-state index in [1.807, 2.05) is 0 Å². The van der Waals surface area contributed by atoms with Crippen LogP contribution in [0, 0.1) is 0 Å². The fourth-order valence-corrected chi connectivity index (χ4v) is 0. The van der Waals surface area contributed by atoms with E-state index in [0.717, 1.165) is 0 Å². The van der Waals surface area contributed by atoms with Gasteiger partial charge >= 0.3 is 36.7 Å². The Morgan fingerprint density at radius 1 is 1.17 bits per heavy atom. The molecule has 0 radical (unpaired) electrons. The molecule has 0 atom stereocenters. The van der Waals surface area contributed by atoms with Crippen molar-refractivity contribution in [3.63, 3.8) is 0 Å². The first-order valence-electron chi connectivity index (χ1n) is 0.953. The number of rotatable bonds is 0. The van der Waals surface area contributed by atoms with Crippen molar-refractivity contribution in [1.82, 2.24) is 0 Å². The number of hydrogen-bond acceptors (Lipinski definition) is 2. The Morgan fingerprint density at radius 3 is 1.17 bits per heavy atom. The molecule has 0 heterocycles. The van der Waals surface area contributed by atoms with Crippen molar-refractivity contribution in [2.24, 2.45) is 0 Å². The molecule has 0 aromatic carbocycles. The molecule has 0 aromatic rings. The number of halogens is 2. The van der Waals surface area contributed by atoms with Gasteiger partial charge in [0.1, 0.15) is 0 Å². The van der Waals surface area contributed by atoms with Crippen molar-refractivity contribution < 1.29 is 48.2 Å². The molecule has 0 amide bonds. The first kappa shape index (κ1) is 9.96. The largest absolute Gasteiger partial charge is 1.00 e. The van der Waals surface area contributed by atoms with Gasteiger partial charge in [-0.1, -0.05) is 0 Å². The van der Waals surface area contributed by atoms with Crippen LogP contribution in [0.3, 0.4) is 0 Å². The van der Waals surface area contributed by atoms with Crippen molar-refractivity contribution >= 4 is 7.11 Å². The summed E-state index contributed by atoms with van der Waals surface area (Å²) < 4.78 is 20.4. The topological polar surface area (TPSA) is 40.5 Å². The van der Waals surface area contributed by atoms with Crippen LogP contribution in [0.5, 0.6) is 0 Å². The van der Waals surface area contributed by atoms with Crippen LogP contribution in [0.2, 0.25) is 0 Å². The molecule has 0 bridgehead atoms. The summed E-state index contributed by atoms with van der Waals surface area (Å²) in [6, 6.07) is 0. The maximum Gasteiger partial charge on any atom is 1.00 e. The fraction of sp³-hybridized carbons (Fsp3) is 0. The maximum atomic E-state index is 10.2. The van der Waals surface area contributed by atoms with E-state index in [4.69, 9.17) is 10.0 Å². The Morgan fingerprint density at radius 2 is 1.17 bits per heavy atom. The van der Waals surface area contributed by atoms with Crippen molar-refractivity contribution in [3.05, 3.63) is 0 Å². The van der Waals surface area contributed by atoms with Gasteiger partial charge in [0.2, 0.25) is 0 Å². The second-order valence-corrected chi connectivity index (χ2v) is 0.588. The van der Waals surface area contributed by atoms with Crippen molar-refractivity contribution in [2.75, 3.05) is 0 Å². The summed E-state index contributed by atoms with van der Waals surface area (Å²) in [6.07, 6.45) is 0. The SMILES string of the molecule is O[B-](O)(F)F.[Na+]. The number of hydrogen-bond donors (Lipinski definition) is 2. The molecule has 0 saturated carbocycles. The zero-order valence-corrected chi connectivity index (χ0v) is 5.23. The normalized spacial score (nSPS) is 10.0. The van der Waals surface area contributed by atoms with Gasteiger partial charge in [0.15, 0.2) is 0 Å². The minimum Gasteiger partial charge on any atom is -0.526 e. The Labute approximate surface area is 55.5 Å². The van der Waals surface area contributed by atoms with E-state index in [0.29, 0.717) is 0 Å². The minimum absolute atomic E-state index is 0. The monoisotopic (exact) mass is 106 g/mol. The predicted octanol–water partition coefficient (Wildman–Crippen LogP) is -3.65. The van der Waals surface area contributed by atoms with Crippen LogP contribution in [0.25, 0.3) is 0 Å². The second-order valence-electron chi connectivity index (χ2n) is 0.588. The third-order valence-electron chi connectivity index (χ3n) is 0. The van der Waals surface area contributed by atoms with Gasteiger partial charge in [-0.25, -0.2) is 0 Å². The van der Waals surface area contributed by atoms with Crippen molar-refractivity contribution in [2.45, 2.75) is 0 Å².